The Morgan fingerprint density at radius 1 is 0.909 bits per heavy atom. The highest BCUT2D eigenvalue weighted by Crippen LogP contribution is 2.32. The predicted molar refractivity (Wildman–Crippen MR) is 122 cm³/mol. The minimum atomic E-state index is -3.90. The monoisotopic (exact) mass is 474 g/mol. The van der Waals surface area contributed by atoms with Crippen LogP contribution in [0.4, 0.5) is 18.9 Å². The molecule has 0 bridgehead atoms. The molecule has 1 aliphatic rings. The van der Waals surface area contributed by atoms with Crippen molar-refractivity contribution in [2.75, 3.05) is 17.4 Å². The van der Waals surface area contributed by atoms with Gasteiger partial charge in [0, 0.05) is 31.2 Å². The maximum absolute atomic E-state index is 14.1. The second-order valence-electron chi connectivity index (χ2n) is 8.26. The van der Waals surface area contributed by atoms with Crippen LogP contribution in [0.3, 0.4) is 0 Å². The lowest BCUT2D eigenvalue weighted by atomic mass is 10.0. The number of benzene rings is 3. The molecule has 33 heavy (non-hydrogen) atoms. The Bertz CT molecular complexity index is 1220. The topological polar surface area (TPSA) is 40.6 Å². The van der Waals surface area contributed by atoms with Gasteiger partial charge in [0.2, 0.25) is 0 Å². The van der Waals surface area contributed by atoms with Crippen LogP contribution in [0.1, 0.15) is 24.0 Å². The average Bonchev–Trinajstić information content (AvgIpc) is 2.79. The van der Waals surface area contributed by atoms with E-state index in [1.165, 1.54) is 34.6 Å². The van der Waals surface area contributed by atoms with Gasteiger partial charge in [0.05, 0.1) is 10.6 Å². The number of piperidine rings is 1. The Morgan fingerprint density at radius 2 is 1.58 bits per heavy atom. The smallest absolute Gasteiger partial charge is 0.264 e. The van der Waals surface area contributed by atoms with Crippen molar-refractivity contribution < 1.29 is 21.6 Å². The van der Waals surface area contributed by atoms with Crippen molar-refractivity contribution in [3.05, 3.63) is 95.3 Å². The van der Waals surface area contributed by atoms with Crippen molar-refractivity contribution in [1.82, 2.24) is 4.90 Å². The largest absolute Gasteiger partial charge is 0.299 e. The van der Waals surface area contributed by atoms with Crippen molar-refractivity contribution in [3.63, 3.8) is 0 Å². The van der Waals surface area contributed by atoms with E-state index in [0.29, 0.717) is 37.2 Å². The van der Waals surface area contributed by atoms with E-state index in [0.717, 1.165) is 6.07 Å². The molecule has 0 aliphatic carbocycles. The van der Waals surface area contributed by atoms with Crippen LogP contribution in [0.15, 0.2) is 71.6 Å². The van der Waals surface area contributed by atoms with E-state index in [2.05, 4.69) is 0 Å². The summed E-state index contributed by atoms with van der Waals surface area (Å²) in [5, 5.41) is 0. The van der Waals surface area contributed by atoms with Gasteiger partial charge in [-0.15, -0.1) is 0 Å². The Hall–Kier alpha value is -2.84. The van der Waals surface area contributed by atoms with Crippen LogP contribution in [0.5, 0.6) is 0 Å². The van der Waals surface area contributed by atoms with E-state index in [-0.39, 0.29) is 23.0 Å². The zero-order chi connectivity index (χ0) is 23.6. The fraction of sp³-hybridized carbons (Fsp3) is 0.280. The first-order valence-electron chi connectivity index (χ1n) is 10.8. The number of nitrogens with zero attached hydrogens (tertiary/aromatic N) is 2. The molecule has 0 saturated carbocycles. The summed E-state index contributed by atoms with van der Waals surface area (Å²) in [6, 6.07) is 16.0. The van der Waals surface area contributed by atoms with Gasteiger partial charge >= 0.3 is 0 Å². The van der Waals surface area contributed by atoms with Crippen LogP contribution in [0.2, 0.25) is 0 Å². The second kappa shape index (κ2) is 9.57. The first kappa shape index (κ1) is 23.3. The van der Waals surface area contributed by atoms with Crippen LogP contribution in [0.25, 0.3) is 0 Å². The van der Waals surface area contributed by atoms with E-state index in [4.69, 9.17) is 0 Å². The summed E-state index contributed by atoms with van der Waals surface area (Å²) in [6.45, 7) is 3.02. The number of sulfonamides is 1. The molecule has 1 heterocycles. The van der Waals surface area contributed by atoms with Crippen molar-refractivity contribution in [1.29, 1.82) is 0 Å². The number of halogens is 3. The van der Waals surface area contributed by atoms with E-state index in [9.17, 15) is 21.6 Å². The molecule has 0 spiro atoms. The van der Waals surface area contributed by atoms with Crippen molar-refractivity contribution in [2.24, 2.45) is 0 Å². The molecule has 1 fully saturated rings. The maximum atomic E-state index is 14.1. The number of hydrogen-bond donors (Lipinski definition) is 0. The Balaban J connectivity index is 1.59. The molecule has 0 amide bonds. The molecular formula is C25H25F3N2O2S. The number of anilines is 1. The van der Waals surface area contributed by atoms with Crippen molar-refractivity contribution in [2.45, 2.75) is 37.2 Å². The third-order valence-electron chi connectivity index (χ3n) is 6.03. The zero-order valence-electron chi connectivity index (χ0n) is 18.2. The van der Waals surface area contributed by atoms with Gasteiger partial charge in [0.25, 0.3) is 10.0 Å². The molecule has 4 nitrogen and oxygen atoms in total. The highest BCUT2D eigenvalue weighted by atomic mass is 32.2. The lowest BCUT2D eigenvalue weighted by molar-refractivity contribution is 0.203. The second-order valence-corrected chi connectivity index (χ2v) is 10.0. The standard InChI is InChI=1S/C25H25F3N2O2S/c1-18-5-2-3-8-24(18)33(31,32)30(21-11-9-20(26)10-12-21)22-13-15-29(16-14-22)17-19-6-4-7-23(27)25(19)28/h2-12,22H,13-17H2,1H3. The number of rotatable bonds is 6. The van der Waals surface area contributed by atoms with Gasteiger partial charge in [-0.1, -0.05) is 30.3 Å². The summed E-state index contributed by atoms with van der Waals surface area (Å²) in [4.78, 5) is 2.19. The molecule has 0 aromatic heterocycles. The molecule has 3 aromatic rings. The molecular weight excluding hydrogens is 449 g/mol. The van der Waals surface area contributed by atoms with Crippen LogP contribution in [-0.2, 0) is 16.6 Å². The summed E-state index contributed by atoms with van der Waals surface area (Å²) >= 11 is 0. The highest BCUT2D eigenvalue weighted by molar-refractivity contribution is 7.93. The molecule has 0 N–H and O–H groups in total. The number of likely N-dealkylation sites (tertiary alicyclic amines) is 1. The summed E-state index contributed by atoms with van der Waals surface area (Å²) in [5.74, 6) is -2.18. The molecule has 8 heteroatoms. The number of aryl methyl sites for hydroxylation is 1. The SMILES string of the molecule is Cc1ccccc1S(=O)(=O)N(c1ccc(F)cc1)C1CCN(Cc2cccc(F)c2F)CC1. The summed E-state index contributed by atoms with van der Waals surface area (Å²) in [6.07, 6.45) is 0.999. The highest BCUT2D eigenvalue weighted by Gasteiger charge is 2.35. The van der Waals surface area contributed by atoms with Gasteiger partial charge in [-0.25, -0.2) is 21.6 Å². The maximum Gasteiger partial charge on any atom is 0.264 e. The zero-order valence-corrected chi connectivity index (χ0v) is 19.0. The quantitative estimate of drug-likeness (QED) is 0.489. The van der Waals surface area contributed by atoms with Crippen LogP contribution >= 0.6 is 0 Å². The van der Waals surface area contributed by atoms with Crippen molar-refractivity contribution >= 4 is 15.7 Å². The Kier molecular flexibility index (Phi) is 6.76. The predicted octanol–water partition coefficient (Wildman–Crippen LogP) is 5.27. The third kappa shape index (κ3) is 4.91. The fourth-order valence-electron chi connectivity index (χ4n) is 4.31. The molecule has 174 valence electrons. The molecule has 1 saturated heterocycles. The summed E-state index contributed by atoms with van der Waals surface area (Å²) in [5.41, 5.74) is 1.30. The van der Waals surface area contributed by atoms with Crippen LogP contribution in [-0.4, -0.2) is 32.4 Å². The number of hydrogen-bond acceptors (Lipinski definition) is 3. The first-order valence-corrected chi connectivity index (χ1v) is 12.2. The normalized spacial score (nSPS) is 15.5. The third-order valence-corrected chi connectivity index (χ3v) is 8.07. The lowest BCUT2D eigenvalue weighted by Gasteiger charge is -2.39. The van der Waals surface area contributed by atoms with Gasteiger partial charge < -0.3 is 0 Å². The molecule has 0 radical (unpaired) electrons. The van der Waals surface area contributed by atoms with E-state index < -0.39 is 27.5 Å². The molecule has 0 atom stereocenters. The van der Waals surface area contributed by atoms with Gasteiger partial charge in [-0.05, 0) is 61.7 Å². The van der Waals surface area contributed by atoms with E-state index in [1.54, 1.807) is 37.3 Å². The van der Waals surface area contributed by atoms with E-state index in [1.807, 2.05) is 4.90 Å². The van der Waals surface area contributed by atoms with Crippen LogP contribution in [0, 0.1) is 24.4 Å². The fourth-order valence-corrected chi connectivity index (χ4v) is 6.25. The molecule has 1 aliphatic heterocycles. The summed E-state index contributed by atoms with van der Waals surface area (Å²) in [7, 11) is -3.90. The van der Waals surface area contributed by atoms with Crippen LogP contribution < -0.4 is 4.31 Å². The Morgan fingerprint density at radius 3 is 2.24 bits per heavy atom. The molecule has 4 rings (SSSR count). The average molecular weight is 475 g/mol. The van der Waals surface area contributed by atoms with Gasteiger partial charge in [0.15, 0.2) is 11.6 Å². The minimum Gasteiger partial charge on any atom is -0.299 e. The lowest BCUT2D eigenvalue weighted by Crippen LogP contribution is -2.47. The van der Waals surface area contributed by atoms with Gasteiger partial charge in [-0.3, -0.25) is 9.21 Å². The molecule has 0 unspecified atom stereocenters. The molecule has 3 aromatic carbocycles. The first-order chi connectivity index (χ1) is 15.8. The van der Waals surface area contributed by atoms with Gasteiger partial charge in [-0.2, -0.15) is 0 Å². The van der Waals surface area contributed by atoms with Crippen molar-refractivity contribution in [3.8, 4) is 0 Å². The minimum absolute atomic E-state index is 0.207. The Labute approximate surface area is 192 Å². The van der Waals surface area contributed by atoms with E-state index >= 15 is 0 Å². The summed E-state index contributed by atoms with van der Waals surface area (Å²) < 4.78 is 70.0. The van der Waals surface area contributed by atoms with Gasteiger partial charge in [0.1, 0.15) is 5.82 Å².